The summed E-state index contributed by atoms with van der Waals surface area (Å²) < 4.78 is 26.3. The molecule has 51 heavy (non-hydrogen) atoms. The largest absolute Gasteiger partial charge is 0.508 e. The molecule has 0 aliphatic carbocycles. The van der Waals surface area contributed by atoms with Crippen LogP contribution in [0, 0.1) is 0 Å². The van der Waals surface area contributed by atoms with Crippen LogP contribution in [0.1, 0.15) is 30.9 Å². The number of hydrogen-bond acceptors (Lipinski definition) is 10. The second kappa shape index (κ2) is 22.2. The van der Waals surface area contributed by atoms with E-state index < -0.39 is 26.5 Å². The number of phenolic OH excluding ortho intramolecular Hbond substituents is 1. The van der Waals surface area contributed by atoms with Crippen molar-refractivity contribution in [3.05, 3.63) is 59.7 Å². The number of phenols is 1. The lowest BCUT2D eigenvalue weighted by Crippen LogP contribution is -2.44. The third kappa shape index (κ3) is 18.9. The van der Waals surface area contributed by atoms with Crippen molar-refractivity contribution in [1.29, 1.82) is 0 Å². The SMILES string of the molecule is C[C@H](Cc1ccc(O)cc1)NC(=O)CNC(=O)CNC(=S)Nc1ccc(CP(=O)(O)CP(=O)(O)CN2CCCNCCNCCCNCC2)cc1. The molecule has 3 atom stereocenters. The molecular weight excluding hydrogens is 714 g/mol. The number of aromatic hydroxyl groups is 1. The van der Waals surface area contributed by atoms with Crippen LogP contribution in [0.3, 0.4) is 0 Å². The number of amides is 2. The molecule has 2 unspecified atom stereocenters. The van der Waals surface area contributed by atoms with E-state index in [0.717, 1.165) is 51.1 Å². The number of rotatable bonds is 14. The molecule has 2 amide bonds. The molecule has 10 N–H and O–H groups in total. The van der Waals surface area contributed by atoms with E-state index >= 15 is 0 Å². The van der Waals surface area contributed by atoms with Gasteiger partial charge in [0.2, 0.25) is 26.6 Å². The molecule has 2 aromatic carbocycles. The molecule has 2 aromatic rings. The van der Waals surface area contributed by atoms with E-state index in [1.165, 1.54) is 0 Å². The van der Waals surface area contributed by atoms with Crippen molar-refractivity contribution in [3.63, 3.8) is 0 Å². The van der Waals surface area contributed by atoms with E-state index in [1.807, 2.05) is 11.8 Å². The monoisotopic (exact) mass is 768 g/mol. The van der Waals surface area contributed by atoms with Crippen LogP contribution < -0.4 is 37.2 Å². The Bertz CT molecular complexity index is 1470. The van der Waals surface area contributed by atoms with E-state index in [2.05, 4.69) is 37.2 Å². The number of carbonyl (C=O) groups is 2. The summed E-state index contributed by atoms with van der Waals surface area (Å²) in [5.41, 5.74) is 2.06. The molecule has 0 aromatic heterocycles. The molecule has 0 saturated carbocycles. The van der Waals surface area contributed by atoms with E-state index in [0.29, 0.717) is 37.3 Å². The first kappa shape index (κ1) is 42.5. The molecule has 1 fully saturated rings. The van der Waals surface area contributed by atoms with Crippen LogP contribution in [0.15, 0.2) is 48.5 Å². The molecule has 1 aliphatic heterocycles. The summed E-state index contributed by atoms with van der Waals surface area (Å²) in [5, 5.41) is 30.7. The summed E-state index contributed by atoms with van der Waals surface area (Å²) in [6, 6.07) is 13.1. The summed E-state index contributed by atoms with van der Waals surface area (Å²) in [6.45, 7) is 7.62. The third-order valence-electron chi connectivity index (χ3n) is 7.86. The number of anilines is 1. The lowest BCUT2D eigenvalue weighted by molar-refractivity contribution is -0.125. The second-order valence-electron chi connectivity index (χ2n) is 12.8. The van der Waals surface area contributed by atoms with Gasteiger partial charge in [-0.2, -0.15) is 0 Å². The number of carbonyl (C=O) groups excluding carboxylic acids is 2. The highest BCUT2D eigenvalue weighted by molar-refractivity contribution is 7.80. The lowest BCUT2D eigenvalue weighted by Gasteiger charge is -2.26. The fraction of sp³-hybridized carbons (Fsp3) is 0.545. The van der Waals surface area contributed by atoms with Gasteiger partial charge >= 0.3 is 0 Å². The van der Waals surface area contributed by atoms with Crippen LogP contribution >= 0.6 is 27.0 Å². The predicted octanol–water partition coefficient (Wildman–Crippen LogP) is 1.36. The van der Waals surface area contributed by atoms with Crippen molar-refractivity contribution in [1.82, 2.24) is 36.8 Å². The van der Waals surface area contributed by atoms with E-state index in [4.69, 9.17) is 12.2 Å². The number of benzene rings is 2. The number of nitrogens with one attached hydrogen (secondary N) is 7. The van der Waals surface area contributed by atoms with Crippen LogP contribution in [-0.2, 0) is 31.3 Å². The molecule has 0 spiro atoms. The first-order chi connectivity index (χ1) is 24.3. The average molecular weight is 769 g/mol. The fourth-order valence-corrected chi connectivity index (χ4v) is 10.9. The standard InChI is InChI=1S/C33H54N8O7P2S/c1-26(20-27-6-10-30(42)11-7-27)39-32(44)22-37-31(43)21-38-33(51)40-29-8-4-28(5-9-29)23-49(45,46)25-50(47,48)24-41-18-3-14-35-16-15-34-12-2-13-36-17-19-41/h4-11,26,34-36,42H,2-3,12-25H2,1H3,(H,37,43)(H,39,44)(H,45,46)(H,47,48)(H2,38,40,51)/t26-/m1/s1. The predicted molar refractivity (Wildman–Crippen MR) is 206 cm³/mol. The number of nitrogens with zero attached hydrogens (tertiary/aromatic N) is 1. The van der Waals surface area contributed by atoms with Crippen molar-refractivity contribution in [2.24, 2.45) is 0 Å². The van der Waals surface area contributed by atoms with Crippen molar-refractivity contribution in [2.75, 3.05) is 83.0 Å². The van der Waals surface area contributed by atoms with Crippen LogP contribution in [0.4, 0.5) is 5.69 Å². The molecular formula is C33H54N8O7P2S. The van der Waals surface area contributed by atoms with Gasteiger partial charge in [-0.1, -0.05) is 24.3 Å². The zero-order valence-electron chi connectivity index (χ0n) is 29.2. The van der Waals surface area contributed by atoms with Gasteiger partial charge in [-0.05, 0) is 100.0 Å². The van der Waals surface area contributed by atoms with Gasteiger partial charge in [-0.15, -0.1) is 0 Å². The van der Waals surface area contributed by atoms with Crippen LogP contribution in [0.2, 0.25) is 0 Å². The Morgan fingerprint density at radius 1 is 0.804 bits per heavy atom. The molecule has 3 rings (SSSR count). The Kier molecular flexibility index (Phi) is 18.5. The molecule has 18 heteroatoms. The number of thiocarbonyl (C=S) groups is 1. The summed E-state index contributed by atoms with van der Waals surface area (Å²) in [7, 11) is -7.91. The van der Waals surface area contributed by atoms with E-state index in [9.17, 15) is 33.6 Å². The van der Waals surface area contributed by atoms with Gasteiger partial charge in [0.25, 0.3) is 0 Å². The van der Waals surface area contributed by atoms with E-state index in [1.54, 1.807) is 48.5 Å². The van der Waals surface area contributed by atoms with Crippen molar-refractivity contribution >= 4 is 49.6 Å². The second-order valence-corrected chi connectivity index (χ2v) is 18.4. The van der Waals surface area contributed by atoms with Gasteiger partial charge in [-0.25, -0.2) is 0 Å². The first-order valence-electron chi connectivity index (χ1n) is 17.2. The van der Waals surface area contributed by atoms with E-state index in [-0.39, 0.29) is 48.3 Å². The zero-order valence-corrected chi connectivity index (χ0v) is 31.8. The number of hydrogen-bond donors (Lipinski definition) is 10. The summed E-state index contributed by atoms with van der Waals surface area (Å²) in [5.74, 6) is -1.26. The minimum atomic E-state index is -3.98. The lowest BCUT2D eigenvalue weighted by atomic mass is 10.1. The minimum absolute atomic E-state index is 0.138. The molecule has 15 nitrogen and oxygen atoms in total. The third-order valence-corrected chi connectivity index (χ3v) is 13.3. The quantitative estimate of drug-likeness (QED) is 0.0971. The Morgan fingerprint density at radius 2 is 1.41 bits per heavy atom. The molecule has 0 radical (unpaired) electrons. The topological polar surface area (TPSA) is 216 Å². The Labute approximate surface area is 306 Å². The Hall–Kier alpha value is -2.91. The van der Waals surface area contributed by atoms with Crippen LogP contribution in [0.5, 0.6) is 5.75 Å². The smallest absolute Gasteiger partial charge is 0.239 e. The molecule has 284 valence electrons. The average Bonchev–Trinajstić information content (AvgIpc) is 3.05. The van der Waals surface area contributed by atoms with Gasteiger partial charge < -0.3 is 52.1 Å². The Morgan fingerprint density at radius 3 is 2.10 bits per heavy atom. The Balaban J connectivity index is 1.37. The highest BCUT2D eigenvalue weighted by Crippen LogP contribution is 2.58. The van der Waals surface area contributed by atoms with Crippen molar-refractivity contribution < 1.29 is 33.6 Å². The van der Waals surface area contributed by atoms with Gasteiger partial charge in [0, 0.05) is 37.9 Å². The highest BCUT2D eigenvalue weighted by Gasteiger charge is 2.33. The van der Waals surface area contributed by atoms with Crippen LogP contribution in [-0.4, -0.2) is 120 Å². The maximum Gasteiger partial charge on any atom is 0.239 e. The summed E-state index contributed by atoms with van der Waals surface area (Å²) >= 11 is 5.26. The van der Waals surface area contributed by atoms with Gasteiger partial charge in [-0.3, -0.25) is 23.6 Å². The maximum absolute atomic E-state index is 13.2. The van der Waals surface area contributed by atoms with Crippen molar-refractivity contribution in [3.8, 4) is 5.75 Å². The molecule has 1 saturated heterocycles. The summed E-state index contributed by atoms with van der Waals surface area (Å²) in [4.78, 5) is 47.9. The first-order valence-corrected chi connectivity index (χ1v) is 21.7. The summed E-state index contributed by atoms with van der Waals surface area (Å²) in [6.07, 6.45) is 1.97. The normalized spacial score (nSPS) is 18.2. The van der Waals surface area contributed by atoms with Gasteiger partial charge in [0.15, 0.2) is 5.11 Å². The van der Waals surface area contributed by atoms with Crippen molar-refractivity contribution in [2.45, 2.75) is 38.4 Å². The minimum Gasteiger partial charge on any atom is -0.508 e. The zero-order chi connectivity index (χ0) is 37.1. The van der Waals surface area contributed by atoms with Gasteiger partial charge in [0.1, 0.15) is 11.7 Å². The molecule has 1 aliphatic rings. The molecule has 0 bridgehead atoms. The van der Waals surface area contributed by atoms with Crippen LogP contribution in [0.25, 0.3) is 0 Å². The maximum atomic E-state index is 13.2. The highest BCUT2D eigenvalue weighted by atomic mass is 32.1. The molecule has 1 heterocycles. The fourth-order valence-electron chi connectivity index (χ4n) is 5.48. The van der Waals surface area contributed by atoms with Gasteiger partial charge in [0.05, 0.1) is 25.5 Å².